The number of rotatable bonds is 10. The average Bonchev–Trinajstić information content (AvgIpc) is 3.60. The van der Waals surface area contributed by atoms with Crippen LogP contribution in [0.2, 0.25) is 0 Å². The maximum Gasteiger partial charge on any atom is 0.449 e. The highest BCUT2D eigenvalue weighted by Gasteiger charge is 2.33. The Morgan fingerprint density at radius 2 is 1.45 bits per heavy atom. The van der Waals surface area contributed by atoms with Crippen LogP contribution in [0.5, 0.6) is 0 Å². The quantitative estimate of drug-likeness (QED) is 0.141. The minimum absolute atomic E-state index is 0.218. The van der Waals surface area contributed by atoms with Gasteiger partial charge in [0, 0.05) is 29.6 Å². The molecule has 2 heterocycles. The van der Waals surface area contributed by atoms with Crippen LogP contribution in [0.15, 0.2) is 114 Å². The van der Waals surface area contributed by atoms with Gasteiger partial charge in [0.25, 0.3) is 5.91 Å². The Morgan fingerprint density at radius 3 is 2.06 bits per heavy atom. The minimum Gasteiger partial charge on any atom is -0.329 e. The molecule has 0 unspecified atom stereocenters. The number of fused-ring (bicyclic) bond motifs is 1. The summed E-state index contributed by atoms with van der Waals surface area (Å²) in [5, 5.41) is 26.9. The molecule has 0 atom stereocenters. The van der Waals surface area contributed by atoms with Gasteiger partial charge < -0.3 is 9.47 Å². The molecule has 266 valence electrons. The van der Waals surface area contributed by atoms with Gasteiger partial charge in [-0.3, -0.25) is 9.59 Å². The van der Waals surface area contributed by atoms with Gasteiger partial charge in [-0.1, -0.05) is 64.5 Å². The van der Waals surface area contributed by atoms with Crippen LogP contribution in [0.4, 0.5) is 13.2 Å². The molecule has 0 saturated heterocycles. The second kappa shape index (κ2) is 17.3. The van der Waals surface area contributed by atoms with E-state index in [1.807, 2.05) is 81.9 Å². The zero-order chi connectivity index (χ0) is 38.0. The molecule has 0 N–H and O–H groups in total. The molecule has 1 amide bonds. The van der Waals surface area contributed by atoms with E-state index in [2.05, 4.69) is 38.3 Å². The van der Waals surface area contributed by atoms with E-state index in [4.69, 9.17) is 10.2 Å². The molecule has 6 rings (SSSR count). The number of hydrogen-bond acceptors (Lipinski definition) is 7. The number of Topliss-reactive ketones (excluding diaryl/α,β-unsaturated/α-hetero) is 1. The van der Waals surface area contributed by atoms with Crippen molar-refractivity contribution in [1.82, 2.24) is 24.6 Å². The summed E-state index contributed by atoms with van der Waals surface area (Å²) in [7, 11) is 0. The number of nitriles is 2. The second-order valence-corrected chi connectivity index (χ2v) is 12.8. The van der Waals surface area contributed by atoms with Crippen molar-refractivity contribution in [3.8, 4) is 12.1 Å². The fourth-order valence-corrected chi connectivity index (χ4v) is 5.47. The first-order chi connectivity index (χ1) is 25.4. The van der Waals surface area contributed by atoms with Crippen LogP contribution in [-0.2, 0) is 30.8 Å². The molecule has 10 nitrogen and oxygen atoms in total. The minimum atomic E-state index is -4.64. The normalized spacial score (nSPS) is 10.8. The lowest BCUT2D eigenvalue weighted by molar-refractivity contribution is -0.662. The Kier molecular flexibility index (Phi) is 12.4. The first-order valence-corrected chi connectivity index (χ1v) is 17.0. The maximum absolute atomic E-state index is 14.3. The van der Waals surface area contributed by atoms with Crippen molar-refractivity contribution in [2.75, 3.05) is 6.54 Å². The standard InChI is InChI=1S/C36H28BrN8O.C3H3F3O/c37-31-15-13-26(14-16-31)17-18-43(24-35-42-40-25-45(35)22-30-11-7-28(20-39)8-12-30)36(46)33-23-44(34-4-2-1-3-32(34)41-33)21-29-9-5-27(19-38)6-10-29;1-2(7)3(4,5)6/h1-16,23,25H,17-18,21-22,24H2;1H3/q+1;. The summed E-state index contributed by atoms with van der Waals surface area (Å²) in [5.74, 6) is -1.34. The molecule has 0 spiro atoms. The molecule has 6 aromatic rings. The van der Waals surface area contributed by atoms with E-state index in [0.717, 1.165) is 26.7 Å². The van der Waals surface area contributed by atoms with E-state index in [1.165, 1.54) is 0 Å². The van der Waals surface area contributed by atoms with Crippen molar-refractivity contribution in [2.24, 2.45) is 0 Å². The number of benzene rings is 4. The van der Waals surface area contributed by atoms with Gasteiger partial charge in [0.1, 0.15) is 11.8 Å². The lowest BCUT2D eigenvalue weighted by Crippen LogP contribution is -2.40. The van der Waals surface area contributed by atoms with Crippen molar-refractivity contribution in [3.63, 3.8) is 0 Å². The summed E-state index contributed by atoms with van der Waals surface area (Å²) in [5.41, 5.74) is 6.21. The molecule has 53 heavy (non-hydrogen) atoms. The largest absolute Gasteiger partial charge is 0.449 e. The third kappa shape index (κ3) is 10.4. The van der Waals surface area contributed by atoms with Crippen LogP contribution in [-0.4, -0.2) is 49.1 Å². The van der Waals surface area contributed by atoms with E-state index >= 15 is 0 Å². The Labute approximate surface area is 311 Å². The highest BCUT2D eigenvalue weighted by molar-refractivity contribution is 9.10. The monoisotopic (exact) mass is 779 g/mol. The Hall–Kier alpha value is -6.25. The number of amides is 1. The summed E-state index contributed by atoms with van der Waals surface area (Å²) in [4.78, 5) is 30.2. The van der Waals surface area contributed by atoms with Crippen molar-refractivity contribution in [3.05, 3.63) is 153 Å². The number of ketones is 1. The summed E-state index contributed by atoms with van der Waals surface area (Å²) < 4.78 is 37.4. The summed E-state index contributed by atoms with van der Waals surface area (Å²) in [6.07, 6.45) is -0.538. The van der Waals surface area contributed by atoms with Gasteiger partial charge in [-0.15, -0.1) is 10.2 Å². The van der Waals surface area contributed by atoms with Gasteiger partial charge in [0.05, 0.1) is 36.4 Å². The zero-order valence-electron chi connectivity index (χ0n) is 28.3. The molecule has 0 saturated carbocycles. The second-order valence-electron chi connectivity index (χ2n) is 11.9. The number of carbonyl (C=O) groups excluding carboxylic acids is 2. The third-order valence-corrected chi connectivity index (χ3v) is 8.63. The van der Waals surface area contributed by atoms with Gasteiger partial charge >= 0.3 is 6.18 Å². The van der Waals surface area contributed by atoms with Crippen LogP contribution in [0, 0.1) is 22.7 Å². The van der Waals surface area contributed by atoms with Crippen molar-refractivity contribution in [1.29, 1.82) is 10.5 Å². The fraction of sp³-hybridized carbons (Fsp3) is 0.179. The lowest BCUT2D eigenvalue weighted by atomic mass is 10.1. The number of nitrogens with zero attached hydrogens (tertiary/aromatic N) is 8. The fourth-order valence-electron chi connectivity index (χ4n) is 5.21. The number of alkyl halides is 3. The average molecular weight is 781 g/mol. The number of hydrogen-bond donors (Lipinski definition) is 0. The van der Waals surface area contributed by atoms with E-state index in [1.54, 1.807) is 41.7 Å². The smallest absolute Gasteiger partial charge is 0.329 e. The van der Waals surface area contributed by atoms with Gasteiger partial charge in [0.2, 0.25) is 17.5 Å². The molecular weight excluding hydrogens is 749 g/mol. The molecular formula is C39H31BrF3N8O2+. The number of para-hydroxylation sites is 2. The molecule has 0 fully saturated rings. The predicted molar refractivity (Wildman–Crippen MR) is 192 cm³/mol. The topological polar surface area (TPSA) is 132 Å². The molecule has 2 aromatic heterocycles. The molecule has 0 aliphatic rings. The number of carbonyl (C=O) groups is 2. The van der Waals surface area contributed by atoms with E-state index < -0.39 is 12.0 Å². The van der Waals surface area contributed by atoms with Crippen molar-refractivity contribution < 1.29 is 27.3 Å². The lowest BCUT2D eigenvalue weighted by Gasteiger charge is -2.22. The summed E-state index contributed by atoms with van der Waals surface area (Å²) >= 11 is 3.50. The van der Waals surface area contributed by atoms with Gasteiger partial charge in [0.15, 0.2) is 18.1 Å². The van der Waals surface area contributed by atoms with E-state index in [0.29, 0.717) is 61.1 Å². The summed E-state index contributed by atoms with van der Waals surface area (Å²) in [6.45, 7) is 2.17. The third-order valence-electron chi connectivity index (χ3n) is 8.10. The zero-order valence-corrected chi connectivity index (χ0v) is 29.9. The number of halogens is 4. The van der Waals surface area contributed by atoms with Gasteiger partial charge in [-0.2, -0.15) is 28.3 Å². The molecule has 4 aromatic carbocycles. The van der Waals surface area contributed by atoms with Gasteiger partial charge in [-0.25, -0.2) is 4.98 Å². The Balaban J connectivity index is 0.000000705. The predicted octanol–water partition coefficient (Wildman–Crippen LogP) is 6.74. The van der Waals surface area contributed by atoms with E-state index in [-0.39, 0.29) is 12.5 Å². The molecule has 0 bridgehead atoms. The van der Waals surface area contributed by atoms with Crippen LogP contribution < -0.4 is 4.57 Å². The van der Waals surface area contributed by atoms with Crippen molar-refractivity contribution >= 4 is 38.7 Å². The van der Waals surface area contributed by atoms with Gasteiger partial charge in [-0.05, 0) is 60.0 Å². The SMILES string of the molecule is CC(=O)C(F)(F)F.N#Cc1ccc(Cn2cnnc2CN(CCc2ccc(Br)cc2)C(=O)c2c[n+](Cc3ccc(C#N)cc3)c3ccccc3n2)cc1. The molecule has 0 aliphatic heterocycles. The first-order valence-electron chi connectivity index (χ1n) is 16.2. The Bertz CT molecular complexity index is 2290. The van der Waals surface area contributed by atoms with E-state index in [9.17, 15) is 28.0 Å². The number of aromatic nitrogens is 5. The van der Waals surface area contributed by atoms with Crippen LogP contribution in [0.3, 0.4) is 0 Å². The highest BCUT2D eigenvalue weighted by Crippen LogP contribution is 2.17. The molecule has 0 aliphatic carbocycles. The first kappa shape index (κ1) is 38.0. The van der Waals surface area contributed by atoms with Crippen LogP contribution >= 0.6 is 15.9 Å². The van der Waals surface area contributed by atoms with Crippen molar-refractivity contribution in [2.45, 2.75) is 39.2 Å². The maximum atomic E-state index is 14.3. The Morgan fingerprint density at radius 1 is 0.868 bits per heavy atom. The molecule has 14 heteroatoms. The summed E-state index contributed by atoms with van der Waals surface area (Å²) in [6, 6.07) is 34.9. The van der Waals surface area contributed by atoms with Crippen LogP contribution in [0.1, 0.15) is 51.1 Å². The van der Waals surface area contributed by atoms with Crippen LogP contribution in [0.25, 0.3) is 11.0 Å². The highest BCUT2D eigenvalue weighted by atomic mass is 79.9. The molecule has 0 radical (unpaired) electrons.